The van der Waals surface area contributed by atoms with Gasteiger partial charge in [0.1, 0.15) is 0 Å². The largest absolute Gasteiger partial charge is 0.404 e. The van der Waals surface area contributed by atoms with Crippen LogP contribution in [0.1, 0.15) is 19.3 Å². The predicted octanol–water partition coefficient (Wildman–Crippen LogP) is 0.491. The van der Waals surface area contributed by atoms with Gasteiger partial charge in [-0.2, -0.15) is 0 Å². The highest BCUT2D eigenvalue weighted by atomic mass is 16.2. The van der Waals surface area contributed by atoms with Gasteiger partial charge in [-0.1, -0.05) is 0 Å². The van der Waals surface area contributed by atoms with Crippen molar-refractivity contribution < 1.29 is 4.79 Å². The molecule has 0 aromatic rings. The number of carbonyl (C=O) groups is 1. The topological polar surface area (TPSA) is 70.2 Å². The third kappa shape index (κ3) is 1.64. The summed E-state index contributed by atoms with van der Waals surface area (Å²) in [5, 5.41) is 7.57. The highest BCUT2D eigenvalue weighted by Gasteiger charge is 2.31. The molecule has 1 aliphatic heterocycles. The summed E-state index contributed by atoms with van der Waals surface area (Å²) in [6, 6.07) is 0. The number of nitrogens with one attached hydrogen (secondary N) is 1. The average Bonchev–Trinajstić information content (AvgIpc) is 2.95. The maximum absolute atomic E-state index is 11.8. The summed E-state index contributed by atoms with van der Waals surface area (Å²) in [7, 11) is 0. The summed E-state index contributed by atoms with van der Waals surface area (Å²) < 4.78 is 0. The van der Waals surface area contributed by atoms with Gasteiger partial charge in [0.15, 0.2) is 0 Å². The summed E-state index contributed by atoms with van der Waals surface area (Å²) in [4.78, 5) is 13.6. The van der Waals surface area contributed by atoms with Gasteiger partial charge in [0.05, 0.1) is 5.57 Å². The van der Waals surface area contributed by atoms with Gasteiger partial charge in [-0.15, -0.1) is 0 Å². The standard InChI is InChI=1S/C10H15N3O/c11-5-8-9(12)3-4-13(10(8)14)6-7-1-2-7/h5,7,12H,1-4,6,11H2/b8-5+,12-9?. The molecule has 1 amide bonds. The molecule has 2 rings (SSSR count). The van der Waals surface area contributed by atoms with Crippen molar-refractivity contribution in [2.45, 2.75) is 19.3 Å². The number of nitrogens with zero attached hydrogens (tertiary/aromatic N) is 1. The van der Waals surface area contributed by atoms with Crippen molar-refractivity contribution in [2.75, 3.05) is 13.1 Å². The van der Waals surface area contributed by atoms with Crippen LogP contribution in [0.25, 0.3) is 0 Å². The second kappa shape index (κ2) is 3.44. The Hall–Kier alpha value is -1.32. The number of likely N-dealkylation sites (tertiary alicyclic amines) is 1. The van der Waals surface area contributed by atoms with Gasteiger partial charge in [-0.05, 0) is 18.8 Å². The zero-order chi connectivity index (χ0) is 10.1. The molecule has 1 heterocycles. The van der Waals surface area contributed by atoms with Crippen molar-refractivity contribution in [3.8, 4) is 0 Å². The number of hydrogen-bond donors (Lipinski definition) is 2. The molecule has 4 nitrogen and oxygen atoms in total. The molecule has 2 fully saturated rings. The first-order chi connectivity index (χ1) is 6.72. The lowest BCUT2D eigenvalue weighted by atomic mass is 10.0. The zero-order valence-electron chi connectivity index (χ0n) is 8.12. The molecule has 0 bridgehead atoms. The van der Waals surface area contributed by atoms with E-state index in [-0.39, 0.29) is 5.91 Å². The first kappa shape index (κ1) is 9.24. The molecular formula is C10H15N3O. The van der Waals surface area contributed by atoms with Crippen molar-refractivity contribution in [2.24, 2.45) is 11.7 Å². The minimum atomic E-state index is -0.0596. The first-order valence-corrected chi connectivity index (χ1v) is 5.01. The lowest BCUT2D eigenvalue weighted by Gasteiger charge is -2.28. The second-order valence-electron chi connectivity index (χ2n) is 4.00. The summed E-state index contributed by atoms with van der Waals surface area (Å²) in [5.41, 5.74) is 6.11. The van der Waals surface area contributed by atoms with Crippen LogP contribution in [0.5, 0.6) is 0 Å². The summed E-state index contributed by atoms with van der Waals surface area (Å²) in [6.45, 7) is 1.54. The Bertz CT molecular complexity index is 304. The predicted molar refractivity (Wildman–Crippen MR) is 53.9 cm³/mol. The van der Waals surface area contributed by atoms with E-state index in [0.29, 0.717) is 30.2 Å². The van der Waals surface area contributed by atoms with Gasteiger partial charge >= 0.3 is 0 Å². The third-order valence-electron chi connectivity index (χ3n) is 2.82. The van der Waals surface area contributed by atoms with Crippen LogP contribution in [0.4, 0.5) is 0 Å². The molecule has 14 heavy (non-hydrogen) atoms. The molecule has 76 valence electrons. The molecule has 2 aliphatic rings. The number of hydrogen-bond acceptors (Lipinski definition) is 3. The van der Waals surface area contributed by atoms with Crippen LogP contribution in [-0.2, 0) is 4.79 Å². The van der Waals surface area contributed by atoms with Crippen LogP contribution in [0.3, 0.4) is 0 Å². The van der Waals surface area contributed by atoms with Crippen LogP contribution >= 0.6 is 0 Å². The molecule has 1 saturated carbocycles. The zero-order valence-corrected chi connectivity index (χ0v) is 8.12. The average molecular weight is 193 g/mol. The van der Waals surface area contributed by atoms with Crippen molar-refractivity contribution in [3.63, 3.8) is 0 Å². The maximum Gasteiger partial charge on any atom is 0.257 e. The molecule has 0 unspecified atom stereocenters. The van der Waals surface area contributed by atoms with E-state index in [1.54, 1.807) is 0 Å². The smallest absolute Gasteiger partial charge is 0.257 e. The molecule has 0 spiro atoms. The van der Waals surface area contributed by atoms with Crippen LogP contribution in [0.15, 0.2) is 11.8 Å². The third-order valence-corrected chi connectivity index (χ3v) is 2.82. The van der Waals surface area contributed by atoms with E-state index in [1.807, 2.05) is 4.90 Å². The Labute approximate surface area is 83.3 Å². The Balaban J connectivity index is 2.06. The maximum atomic E-state index is 11.8. The highest BCUT2D eigenvalue weighted by Crippen LogP contribution is 2.30. The van der Waals surface area contributed by atoms with E-state index in [4.69, 9.17) is 11.1 Å². The SMILES string of the molecule is N=C1CCN(CC2CC2)C(=O)/C1=C/N. The van der Waals surface area contributed by atoms with Crippen LogP contribution in [-0.4, -0.2) is 29.6 Å². The fourth-order valence-electron chi connectivity index (χ4n) is 1.74. The molecular weight excluding hydrogens is 178 g/mol. The van der Waals surface area contributed by atoms with Crippen molar-refractivity contribution in [1.82, 2.24) is 4.90 Å². The first-order valence-electron chi connectivity index (χ1n) is 5.01. The molecule has 4 heteroatoms. The lowest BCUT2D eigenvalue weighted by molar-refractivity contribution is -0.127. The van der Waals surface area contributed by atoms with Gasteiger partial charge in [0, 0.05) is 31.4 Å². The Morgan fingerprint density at radius 1 is 1.57 bits per heavy atom. The van der Waals surface area contributed by atoms with Crippen molar-refractivity contribution >= 4 is 11.6 Å². The molecule has 0 aromatic heterocycles. The highest BCUT2D eigenvalue weighted by molar-refractivity contribution is 6.21. The molecule has 0 aromatic carbocycles. The van der Waals surface area contributed by atoms with Crippen LogP contribution < -0.4 is 5.73 Å². The fraction of sp³-hybridized carbons (Fsp3) is 0.600. The molecule has 0 atom stereocenters. The number of carbonyl (C=O) groups excluding carboxylic acids is 1. The summed E-state index contributed by atoms with van der Waals surface area (Å²) in [6.07, 6.45) is 4.39. The molecule has 1 saturated heterocycles. The lowest BCUT2D eigenvalue weighted by Crippen LogP contribution is -2.42. The van der Waals surface area contributed by atoms with Gasteiger partial charge in [-0.3, -0.25) is 4.79 Å². The van der Waals surface area contributed by atoms with E-state index >= 15 is 0 Å². The molecule has 1 aliphatic carbocycles. The van der Waals surface area contributed by atoms with Crippen molar-refractivity contribution in [3.05, 3.63) is 11.8 Å². The second-order valence-corrected chi connectivity index (χ2v) is 4.00. The van der Waals surface area contributed by atoms with Gasteiger partial charge < -0.3 is 16.0 Å². The van der Waals surface area contributed by atoms with Crippen molar-refractivity contribution in [1.29, 1.82) is 5.41 Å². The Morgan fingerprint density at radius 2 is 2.29 bits per heavy atom. The number of amides is 1. The van der Waals surface area contributed by atoms with E-state index in [1.165, 1.54) is 19.0 Å². The van der Waals surface area contributed by atoms with E-state index in [9.17, 15) is 4.79 Å². The van der Waals surface area contributed by atoms with Gasteiger partial charge in [0.25, 0.3) is 5.91 Å². The quantitative estimate of drug-likeness (QED) is 0.627. The minimum Gasteiger partial charge on any atom is -0.404 e. The fourth-order valence-corrected chi connectivity index (χ4v) is 1.74. The number of rotatable bonds is 2. The van der Waals surface area contributed by atoms with E-state index < -0.39 is 0 Å². The van der Waals surface area contributed by atoms with Gasteiger partial charge in [-0.25, -0.2) is 0 Å². The Morgan fingerprint density at radius 3 is 2.86 bits per heavy atom. The van der Waals surface area contributed by atoms with Crippen LogP contribution in [0, 0.1) is 11.3 Å². The minimum absolute atomic E-state index is 0.0596. The van der Waals surface area contributed by atoms with E-state index in [0.717, 1.165) is 6.54 Å². The Kier molecular flexibility index (Phi) is 2.27. The van der Waals surface area contributed by atoms with Crippen LogP contribution in [0.2, 0.25) is 0 Å². The molecule has 0 radical (unpaired) electrons. The van der Waals surface area contributed by atoms with E-state index in [2.05, 4.69) is 0 Å². The molecule has 3 N–H and O–H groups in total. The summed E-state index contributed by atoms with van der Waals surface area (Å²) >= 11 is 0. The number of nitrogens with two attached hydrogens (primary N) is 1. The summed E-state index contributed by atoms with van der Waals surface area (Å²) in [5.74, 6) is 0.640. The monoisotopic (exact) mass is 193 g/mol. The number of piperidine rings is 1. The normalized spacial score (nSPS) is 26.0. The van der Waals surface area contributed by atoms with Gasteiger partial charge in [0.2, 0.25) is 0 Å².